The van der Waals surface area contributed by atoms with Gasteiger partial charge in [0.2, 0.25) is 0 Å². The molecule has 20 heavy (non-hydrogen) atoms. The first-order valence-electron chi connectivity index (χ1n) is 6.68. The molecule has 0 bridgehead atoms. The molecule has 3 rings (SSSR count). The van der Waals surface area contributed by atoms with Crippen molar-refractivity contribution in [3.8, 4) is 5.75 Å². The Labute approximate surface area is 116 Å². The monoisotopic (exact) mass is 276 g/mol. The minimum absolute atomic E-state index is 0.333. The van der Waals surface area contributed by atoms with Crippen LogP contribution in [-0.2, 0) is 9.53 Å². The first kappa shape index (κ1) is 13.0. The molecule has 106 valence electrons. The van der Waals surface area contributed by atoms with Crippen molar-refractivity contribution >= 4 is 12.5 Å². The lowest BCUT2D eigenvalue weighted by Crippen LogP contribution is -2.51. The fourth-order valence-electron chi connectivity index (χ4n) is 3.03. The molecule has 0 saturated heterocycles. The van der Waals surface area contributed by atoms with E-state index in [1.54, 1.807) is 13.0 Å². The van der Waals surface area contributed by atoms with E-state index in [0.29, 0.717) is 23.5 Å². The van der Waals surface area contributed by atoms with Gasteiger partial charge in [0.05, 0.1) is 0 Å². The molecule has 0 radical (unpaired) electrons. The lowest BCUT2D eigenvalue weighted by atomic mass is 9.77. The lowest BCUT2D eigenvalue weighted by Gasteiger charge is -2.44. The van der Waals surface area contributed by atoms with Gasteiger partial charge in [0, 0.05) is 6.07 Å². The molecule has 0 amide bonds. The van der Waals surface area contributed by atoms with Gasteiger partial charge in [-0.1, -0.05) is 0 Å². The molecular formula is C15H16O5. The third-order valence-corrected chi connectivity index (χ3v) is 4.10. The summed E-state index contributed by atoms with van der Waals surface area (Å²) < 4.78 is 16.3. The summed E-state index contributed by atoms with van der Waals surface area (Å²) in [6, 6.07) is 1.70. The molecule has 1 fully saturated rings. The molecule has 5 heteroatoms. The van der Waals surface area contributed by atoms with Crippen LogP contribution in [0.4, 0.5) is 0 Å². The summed E-state index contributed by atoms with van der Waals surface area (Å²) in [4.78, 5) is 22.6. The van der Waals surface area contributed by atoms with E-state index < -0.39 is 11.2 Å². The molecular weight excluding hydrogens is 260 g/mol. The highest BCUT2D eigenvalue weighted by Gasteiger charge is 2.46. The molecule has 2 atom stereocenters. The number of fused-ring (bicyclic) bond motifs is 2. The van der Waals surface area contributed by atoms with Crippen molar-refractivity contribution in [3.63, 3.8) is 0 Å². The van der Waals surface area contributed by atoms with Crippen LogP contribution in [0.5, 0.6) is 5.75 Å². The highest BCUT2D eigenvalue weighted by atomic mass is 16.6. The Morgan fingerprint density at radius 2 is 2.30 bits per heavy atom. The van der Waals surface area contributed by atoms with Crippen LogP contribution < -0.4 is 10.4 Å². The molecule has 5 nitrogen and oxygen atoms in total. The van der Waals surface area contributed by atoms with Gasteiger partial charge in [0.25, 0.3) is 6.47 Å². The van der Waals surface area contributed by atoms with Gasteiger partial charge in [-0.15, -0.1) is 0 Å². The van der Waals surface area contributed by atoms with Crippen molar-refractivity contribution in [2.24, 2.45) is 0 Å². The van der Waals surface area contributed by atoms with Crippen molar-refractivity contribution in [1.29, 1.82) is 0 Å². The minimum atomic E-state index is -0.702. The maximum atomic E-state index is 11.9. The van der Waals surface area contributed by atoms with E-state index in [4.69, 9.17) is 13.9 Å². The topological polar surface area (TPSA) is 65.7 Å². The van der Waals surface area contributed by atoms with Gasteiger partial charge in [0.15, 0.2) is 5.60 Å². The first-order valence-corrected chi connectivity index (χ1v) is 6.68. The van der Waals surface area contributed by atoms with Gasteiger partial charge >= 0.3 is 5.63 Å². The number of rotatable bonds is 2. The van der Waals surface area contributed by atoms with E-state index in [0.717, 1.165) is 24.8 Å². The lowest BCUT2D eigenvalue weighted by molar-refractivity contribution is -0.145. The summed E-state index contributed by atoms with van der Waals surface area (Å²) in [5.74, 6) is 0.990. The highest BCUT2D eigenvalue weighted by molar-refractivity contribution is 5.64. The zero-order valence-corrected chi connectivity index (χ0v) is 11.5. The van der Waals surface area contributed by atoms with Gasteiger partial charge in [0.1, 0.15) is 23.2 Å². The van der Waals surface area contributed by atoms with Gasteiger partial charge < -0.3 is 13.9 Å². The molecule has 1 unspecified atom stereocenters. The van der Waals surface area contributed by atoms with Crippen molar-refractivity contribution < 1.29 is 18.7 Å². The van der Waals surface area contributed by atoms with E-state index in [2.05, 4.69) is 0 Å². The average Bonchev–Trinajstić information content (AvgIpc) is 2.38. The van der Waals surface area contributed by atoms with E-state index in [1.165, 1.54) is 0 Å². The van der Waals surface area contributed by atoms with E-state index in [-0.39, 0.29) is 6.10 Å². The summed E-state index contributed by atoms with van der Waals surface area (Å²) in [7, 11) is 0. The Hall–Kier alpha value is -2.04. The molecule has 1 aromatic heterocycles. The van der Waals surface area contributed by atoms with Gasteiger partial charge in [-0.05, 0) is 44.8 Å². The second-order valence-electron chi connectivity index (χ2n) is 5.41. The van der Waals surface area contributed by atoms with E-state index in [1.807, 2.05) is 13.0 Å². The summed E-state index contributed by atoms with van der Waals surface area (Å²) in [6.45, 7) is 4.06. The molecule has 2 heterocycles. The summed E-state index contributed by atoms with van der Waals surface area (Å²) in [5.41, 5.74) is 0.314. The number of aryl methyl sites for hydroxylation is 1. The molecule has 1 saturated carbocycles. The van der Waals surface area contributed by atoms with Gasteiger partial charge in [-0.2, -0.15) is 0 Å². The van der Waals surface area contributed by atoms with Crippen molar-refractivity contribution in [1.82, 2.24) is 0 Å². The molecule has 0 spiro atoms. The minimum Gasteiger partial charge on any atom is -0.478 e. The second-order valence-corrected chi connectivity index (χ2v) is 5.41. The van der Waals surface area contributed by atoms with Gasteiger partial charge in [-0.25, -0.2) is 4.79 Å². The van der Waals surface area contributed by atoms with Crippen LogP contribution in [0, 0.1) is 6.92 Å². The van der Waals surface area contributed by atoms with Crippen LogP contribution in [-0.4, -0.2) is 18.2 Å². The summed E-state index contributed by atoms with van der Waals surface area (Å²) in [5, 5.41) is 0. The Kier molecular flexibility index (Phi) is 2.92. The maximum absolute atomic E-state index is 11.9. The van der Waals surface area contributed by atoms with Crippen LogP contribution >= 0.6 is 0 Å². The van der Waals surface area contributed by atoms with Crippen molar-refractivity contribution in [2.45, 2.75) is 44.8 Å². The summed E-state index contributed by atoms with van der Waals surface area (Å²) >= 11 is 0. The van der Waals surface area contributed by atoms with Crippen LogP contribution in [0.15, 0.2) is 20.9 Å². The van der Waals surface area contributed by atoms with Crippen LogP contribution in [0.3, 0.4) is 0 Å². The molecule has 1 aliphatic heterocycles. The Bertz CT molecular complexity index is 642. The third kappa shape index (κ3) is 1.85. The van der Waals surface area contributed by atoms with Crippen molar-refractivity contribution in [2.75, 3.05) is 0 Å². The smallest absolute Gasteiger partial charge is 0.346 e. The molecule has 2 aliphatic rings. The molecule has 0 aromatic carbocycles. The first-order chi connectivity index (χ1) is 9.54. The van der Waals surface area contributed by atoms with Crippen molar-refractivity contribution in [3.05, 3.63) is 33.4 Å². The standard InChI is InChI=1S/C15H16O5/c1-9-6-12-11(14(17)19-9)7-10-4-3-5-13(18-8-16)15(10,2)20-12/h6-8,13H,3-5H2,1-2H3/t13?,15-/m0/s1. The number of hydrogen-bond donors (Lipinski definition) is 0. The number of ether oxygens (including phenoxy) is 2. The maximum Gasteiger partial charge on any atom is 0.346 e. The van der Waals surface area contributed by atoms with Crippen LogP contribution in [0.1, 0.15) is 37.5 Å². The van der Waals surface area contributed by atoms with Crippen LogP contribution in [0.2, 0.25) is 0 Å². The number of carbonyl (C=O) groups excluding carboxylic acids is 1. The Balaban J connectivity index is 2.11. The predicted molar refractivity (Wildman–Crippen MR) is 71.5 cm³/mol. The molecule has 1 aromatic rings. The fourth-order valence-corrected chi connectivity index (χ4v) is 3.03. The van der Waals surface area contributed by atoms with E-state index in [9.17, 15) is 9.59 Å². The Morgan fingerprint density at radius 3 is 3.05 bits per heavy atom. The normalized spacial score (nSPS) is 27.7. The zero-order valence-electron chi connectivity index (χ0n) is 11.5. The zero-order chi connectivity index (χ0) is 14.3. The third-order valence-electron chi connectivity index (χ3n) is 4.10. The van der Waals surface area contributed by atoms with Crippen LogP contribution in [0.25, 0.3) is 6.08 Å². The number of carbonyl (C=O) groups is 1. The predicted octanol–water partition coefficient (Wildman–Crippen LogP) is 2.21. The van der Waals surface area contributed by atoms with E-state index >= 15 is 0 Å². The highest BCUT2D eigenvalue weighted by Crippen LogP contribution is 2.43. The fraction of sp³-hybridized carbons (Fsp3) is 0.467. The largest absolute Gasteiger partial charge is 0.478 e. The SMILES string of the molecule is Cc1cc2c(c(=O)o1)C=C1CCCC(OC=O)[C@@]1(C)O2. The molecule has 0 N–H and O–H groups in total. The quantitative estimate of drug-likeness (QED) is 0.775. The second kappa shape index (κ2) is 4.51. The Morgan fingerprint density at radius 1 is 1.50 bits per heavy atom. The average molecular weight is 276 g/mol. The van der Waals surface area contributed by atoms with Gasteiger partial charge in [-0.3, -0.25) is 4.79 Å². The molecule has 1 aliphatic carbocycles. The summed E-state index contributed by atoms with van der Waals surface area (Å²) in [6.07, 6.45) is 3.96. The number of hydrogen-bond acceptors (Lipinski definition) is 5.